The Morgan fingerprint density at radius 2 is 2.12 bits per heavy atom. The van der Waals surface area contributed by atoms with Gasteiger partial charge in [-0.3, -0.25) is 4.79 Å². The lowest BCUT2D eigenvalue weighted by atomic mass is 9.48. The van der Waals surface area contributed by atoms with Gasteiger partial charge in [-0.05, 0) is 86.5 Å². The van der Waals surface area contributed by atoms with Crippen molar-refractivity contribution < 1.29 is 4.79 Å². The normalized spacial score (nSPS) is 47.0. The van der Waals surface area contributed by atoms with Crippen LogP contribution in [0, 0.1) is 52.3 Å². The summed E-state index contributed by atoms with van der Waals surface area (Å²) in [5, 5.41) is 9.64. The van der Waals surface area contributed by atoms with Crippen LogP contribution in [0.15, 0.2) is 23.8 Å². The number of carbonyl (C=O) groups excluding carboxylic acids is 1. The fraction of sp³-hybridized carbons (Fsp3) is 0.727. The molecule has 4 aliphatic carbocycles. The summed E-state index contributed by atoms with van der Waals surface area (Å²) in [6.07, 6.45) is 9.52. The minimum Gasteiger partial charge on any atom is -0.295 e. The first-order valence-corrected chi connectivity index (χ1v) is 9.74. The molecular formula is C22H29NO. The molecule has 2 nitrogen and oxygen atoms in total. The number of nitriles is 1. The molecule has 0 saturated heterocycles. The van der Waals surface area contributed by atoms with Gasteiger partial charge in [0.25, 0.3) is 0 Å². The van der Waals surface area contributed by atoms with Gasteiger partial charge in [-0.1, -0.05) is 24.6 Å². The van der Waals surface area contributed by atoms with E-state index in [0.29, 0.717) is 35.4 Å². The van der Waals surface area contributed by atoms with Gasteiger partial charge >= 0.3 is 0 Å². The smallest absolute Gasteiger partial charge is 0.155 e. The lowest BCUT2D eigenvalue weighted by Gasteiger charge is -2.56. The highest BCUT2D eigenvalue weighted by atomic mass is 16.1. The summed E-state index contributed by atoms with van der Waals surface area (Å²) in [6, 6.07) is 2.63. The van der Waals surface area contributed by atoms with Gasteiger partial charge in [0.2, 0.25) is 0 Å². The van der Waals surface area contributed by atoms with Gasteiger partial charge in [0.1, 0.15) is 0 Å². The van der Waals surface area contributed by atoms with Gasteiger partial charge < -0.3 is 0 Å². The Morgan fingerprint density at radius 1 is 1.33 bits per heavy atom. The van der Waals surface area contributed by atoms with Gasteiger partial charge in [0, 0.05) is 6.42 Å². The van der Waals surface area contributed by atoms with Gasteiger partial charge in [-0.25, -0.2) is 0 Å². The second kappa shape index (κ2) is 5.58. The van der Waals surface area contributed by atoms with Crippen molar-refractivity contribution in [1.82, 2.24) is 0 Å². The quantitative estimate of drug-likeness (QED) is 0.632. The minimum absolute atomic E-state index is 0.204. The number of rotatable bonds is 1. The van der Waals surface area contributed by atoms with E-state index in [-0.39, 0.29) is 11.3 Å². The zero-order valence-electron chi connectivity index (χ0n) is 15.1. The second-order valence-corrected chi connectivity index (χ2v) is 9.14. The number of allylic oxidation sites excluding steroid dienone is 2. The summed E-state index contributed by atoms with van der Waals surface area (Å²) >= 11 is 0. The molecule has 0 aromatic carbocycles. The number of hydrogen-bond acceptors (Lipinski definition) is 2. The minimum atomic E-state index is 0.204. The highest BCUT2D eigenvalue weighted by Crippen LogP contribution is 2.65. The molecule has 0 aromatic heterocycles. The number of hydrogen-bond donors (Lipinski definition) is 0. The molecule has 3 fully saturated rings. The molecule has 0 amide bonds. The average Bonchev–Trinajstić information content (AvgIpc) is 2.89. The van der Waals surface area contributed by atoms with Crippen LogP contribution in [0.25, 0.3) is 0 Å². The molecule has 0 heterocycles. The van der Waals surface area contributed by atoms with Crippen molar-refractivity contribution >= 4 is 5.78 Å². The van der Waals surface area contributed by atoms with Crippen molar-refractivity contribution in [3.05, 3.63) is 23.8 Å². The molecule has 0 aliphatic heterocycles. The Labute approximate surface area is 146 Å². The van der Waals surface area contributed by atoms with E-state index in [2.05, 4.69) is 26.5 Å². The molecule has 2 heteroatoms. The molecule has 0 spiro atoms. The van der Waals surface area contributed by atoms with E-state index in [9.17, 15) is 10.1 Å². The number of nitrogens with zero attached hydrogens (tertiary/aromatic N) is 1. The summed E-state index contributed by atoms with van der Waals surface area (Å²) in [5.74, 6) is 3.73. The number of ketones is 1. The Bertz CT molecular complexity index is 653. The largest absolute Gasteiger partial charge is 0.295 e. The highest BCUT2D eigenvalue weighted by molar-refractivity contribution is 5.91. The van der Waals surface area contributed by atoms with Crippen LogP contribution in [0.4, 0.5) is 0 Å². The molecule has 0 bridgehead atoms. The van der Waals surface area contributed by atoms with E-state index in [1.54, 1.807) is 0 Å². The molecule has 0 radical (unpaired) electrons. The van der Waals surface area contributed by atoms with Crippen LogP contribution < -0.4 is 0 Å². The van der Waals surface area contributed by atoms with Crippen molar-refractivity contribution in [2.45, 2.75) is 58.8 Å². The molecule has 0 unspecified atom stereocenters. The average molecular weight is 323 g/mol. The van der Waals surface area contributed by atoms with Gasteiger partial charge in [0.15, 0.2) is 5.78 Å². The van der Waals surface area contributed by atoms with Crippen LogP contribution in [0.3, 0.4) is 0 Å². The predicted octanol–water partition coefficient (Wildman–Crippen LogP) is 5.07. The molecule has 24 heavy (non-hydrogen) atoms. The third-order valence-corrected chi connectivity index (χ3v) is 8.14. The van der Waals surface area contributed by atoms with Gasteiger partial charge in [0.05, 0.1) is 12.0 Å². The Morgan fingerprint density at radius 3 is 2.83 bits per heavy atom. The van der Waals surface area contributed by atoms with Crippen LogP contribution in [-0.2, 0) is 4.79 Å². The Balaban J connectivity index is 1.74. The lowest BCUT2D eigenvalue weighted by Crippen LogP contribution is -2.50. The van der Waals surface area contributed by atoms with E-state index in [1.165, 1.54) is 30.4 Å². The Hall–Kier alpha value is -1.36. The molecule has 3 saturated carbocycles. The summed E-state index contributed by atoms with van der Waals surface area (Å²) in [7, 11) is 0. The van der Waals surface area contributed by atoms with E-state index in [1.807, 2.05) is 6.08 Å². The number of fused-ring (bicyclic) bond motifs is 5. The first-order chi connectivity index (χ1) is 11.5. The molecule has 0 aromatic rings. The van der Waals surface area contributed by atoms with E-state index in [0.717, 1.165) is 25.7 Å². The predicted molar refractivity (Wildman–Crippen MR) is 94.9 cm³/mol. The van der Waals surface area contributed by atoms with Crippen LogP contribution in [0.2, 0.25) is 0 Å². The fourth-order valence-corrected chi connectivity index (χ4v) is 6.95. The maximum atomic E-state index is 11.9. The van der Waals surface area contributed by atoms with Crippen molar-refractivity contribution in [1.29, 1.82) is 5.26 Å². The highest BCUT2D eigenvalue weighted by Gasteiger charge is 2.58. The van der Waals surface area contributed by atoms with Gasteiger partial charge in [-0.2, -0.15) is 5.26 Å². The second-order valence-electron chi connectivity index (χ2n) is 9.14. The molecule has 7 atom stereocenters. The molecule has 4 rings (SSSR count). The zero-order chi connectivity index (χ0) is 17.1. The fourth-order valence-electron chi connectivity index (χ4n) is 6.95. The van der Waals surface area contributed by atoms with Gasteiger partial charge in [-0.15, -0.1) is 0 Å². The first-order valence-electron chi connectivity index (χ1n) is 9.74. The van der Waals surface area contributed by atoms with Crippen molar-refractivity contribution in [2.24, 2.45) is 40.9 Å². The zero-order valence-corrected chi connectivity index (χ0v) is 15.1. The standard InChI is InChI=1S/C22H29NO/c1-13(2)19-11-14-10-16(24)5-6-17(14)18-8-9-22(3)15(12-23)4-7-20(22)21(18)19/h10,15,17-21H,1,4-9,11H2,2-3H3/t15-,17+,18-,19+,20+,21+,22-/m1/s1. The summed E-state index contributed by atoms with van der Waals surface area (Å²) in [5.41, 5.74) is 2.90. The van der Waals surface area contributed by atoms with Crippen LogP contribution in [0.5, 0.6) is 0 Å². The maximum Gasteiger partial charge on any atom is 0.155 e. The van der Waals surface area contributed by atoms with Crippen molar-refractivity contribution in [3.63, 3.8) is 0 Å². The van der Waals surface area contributed by atoms with Crippen LogP contribution >= 0.6 is 0 Å². The summed E-state index contributed by atoms with van der Waals surface area (Å²) in [6.45, 7) is 8.89. The third-order valence-electron chi connectivity index (χ3n) is 8.14. The third kappa shape index (κ3) is 2.17. The van der Waals surface area contributed by atoms with Crippen molar-refractivity contribution in [3.8, 4) is 6.07 Å². The molecule has 128 valence electrons. The van der Waals surface area contributed by atoms with Crippen LogP contribution in [-0.4, -0.2) is 5.78 Å². The summed E-state index contributed by atoms with van der Waals surface area (Å²) < 4.78 is 0. The van der Waals surface area contributed by atoms with Crippen LogP contribution in [0.1, 0.15) is 58.8 Å². The summed E-state index contributed by atoms with van der Waals surface area (Å²) in [4.78, 5) is 11.9. The Kier molecular flexibility index (Phi) is 3.75. The van der Waals surface area contributed by atoms with Crippen molar-refractivity contribution in [2.75, 3.05) is 0 Å². The first kappa shape index (κ1) is 16.1. The molecular weight excluding hydrogens is 294 g/mol. The maximum absolute atomic E-state index is 11.9. The van der Waals surface area contributed by atoms with E-state index in [4.69, 9.17) is 0 Å². The topological polar surface area (TPSA) is 40.9 Å². The lowest BCUT2D eigenvalue weighted by molar-refractivity contribution is -0.116. The molecule has 0 N–H and O–H groups in total. The SMILES string of the molecule is C=C(C)[C@@H]1CC2=CC(=O)CC[C@@H]2[C@H]2CC[C@]3(C)[C@@H](C#N)CC[C@H]3[C@@H]21. The number of carbonyl (C=O) groups is 1. The molecule has 4 aliphatic rings. The van der Waals surface area contributed by atoms with E-state index < -0.39 is 0 Å². The monoisotopic (exact) mass is 323 g/mol. The van der Waals surface area contributed by atoms with E-state index >= 15 is 0 Å².